The molecular formula is C17H14N2O6S2. The highest BCUT2D eigenvalue weighted by Gasteiger charge is 2.24. The van der Waals surface area contributed by atoms with Gasteiger partial charge in [-0.1, -0.05) is 6.07 Å². The third-order valence-electron chi connectivity index (χ3n) is 3.41. The first-order valence-electron chi connectivity index (χ1n) is 7.54. The van der Waals surface area contributed by atoms with E-state index in [1.165, 1.54) is 43.0 Å². The fraction of sp³-hybridized carbons (Fsp3) is 0.0588. The zero-order chi connectivity index (χ0) is 19.4. The van der Waals surface area contributed by atoms with Crippen LogP contribution in [0.25, 0.3) is 0 Å². The number of amides is 1. The summed E-state index contributed by atoms with van der Waals surface area (Å²) in [6, 6.07) is 10.5. The first kappa shape index (κ1) is 18.7. The number of benzene rings is 1. The fourth-order valence-electron chi connectivity index (χ4n) is 2.22. The Bertz CT molecular complexity index is 1070. The number of sulfonamides is 1. The molecule has 3 rings (SSSR count). The van der Waals surface area contributed by atoms with Gasteiger partial charge in [-0.25, -0.2) is 13.2 Å². The molecule has 1 amide bonds. The van der Waals surface area contributed by atoms with E-state index >= 15 is 0 Å². The lowest BCUT2D eigenvalue weighted by Gasteiger charge is -2.10. The molecule has 0 aliphatic rings. The molecule has 0 unspecified atom stereocenters. The van der Waals surface area contributed by atoms with E-state index in [1.54, 1.807) is 18.2 Å². The van der Waals surface area contributed by atoms with Crippen molar-refractivity contribution in [2.75, 3.05) is 17.1 Å². The van der Waals surface area contributed by atoms with Crippen molar-refractivity contribution in [3.8, 4) is 0 Å². The number of furan rings is 1. The molecule has 2 N–H and O–H groups in total. The molecule has 0 saturated carbocycles. The van der Waals surface area contributed by atoms with Crippen molar-refractivity contribution in [3.63, 3.8) is 0 Å². The summed E-state index contributed by atoms with van der Waals surface area (Å²) in [6.45, 7) is 0. The summed E-state index contributed by atoms with van der Waals surface area (Å²) in [4.78, 5) is 23.5. The molecule has 27 heavy (non-hydrogen) atoms. The number of nitrogens with one attached hydrogen (secondary N) is 2. The zero-order valence-electron chi connectivity index (χ0n) is 14.0. The third-order valence-corrected chi connectivity index (χ3v) is 5.85. The molecule has 0 fully saturated rings. The minimum atomic E-state index is -4.02. The molecule has 140 valence electrons. The van der Waals surface area contributed by atoms with Crippen molar-refractivity contribution in [1.82, 2.24) is 0 Å². The second kappa shape index (κ2) is 7.64. The van der Waals surface area contributed by atoms with E-state index in [0.717, 1.165) is 11.3 Å². The molecule has 0 aliphatic heterocycles. The summed E-state index contributed by atoms with van der Waals surface area (Å²) in [5.41, 5.74) is 0.587. The zero-order valence-corrected chi connectivity index (χ0v) is 15.6. The maximum Gasteiger partial charge on any atom is 0.349 e. The number of carbonyl (C=O) groups is 2. The van der Waals surface area contributed by atoms with Gasteiger partial charge in [-0.05, 0) is 41.8 Å². The SMILES string of the molecule is COC(=O)c1sccc1S(=O)(=O)Nc1cccc(NC(=O)c2ccco2)c1. The van der Waals surface area contributed by atoms with E-state index in [2.05, 4.69) is 14.8 Å². The van der Waals surface area contributed by atoms with Crippen LogP contribution in [0.3, 0.4) is 0 Å². The Hall–Kier alpha value is -3.11. The molecule has 10 heteroatoms. The average Bonchev–Trinajstić information content (AvgIpc) is 3.33. The van der Waals surface area contributed by atoms with Crippen molar-refractivity contribution in [2.45, 2.75) is 4.90 Å². The Kier molecular flexibility index (Phi) is 5.28. The molecule has 0 saturated heterocycles. The fourth-order valence-corrected chi connectivity index (χ4v) is 4.61. The molecular weight excluding hydrogens is 392 g/mol. The Morgan fingerprint density at radius 3 is 2.59 bits per heavy atom. The van der Waals surface area contributed by atoms with E-state index in [1.807, 2.05) is 0 Å². The number of rotatable bonds is 6. The highest BCUT2D eigenvalue weighted by molar-refractivity contribution is 7.93. The first-order valence-corrected chi connectivity index (χ1v) is 9.90. The summed E-state index contributed by atoms with van der Waals surface area (Å²) in [7, 11) is -2.84. The maximum absolute atomic E-state index is 12.6. The molecule has 0 bridgehead atoms. The second-order valence-corrected chi connectivity index (χ2v) is 7.79. The summed E-state index contributed by atoms with van der Waals surface area (Å²) in [5, 5.41) is 4.09. The molecule has 8 nitrogen and oxygen atoms in total. The third kappa shape index (κ3) is 4.18. The van der Waals surface area contributed by atoms with Gasteiger partial charge in [-0.2, -0.15) is 0 Å². The molecule has 2 heterocycles. The standard InChI is InChI=1S/C17H14N2O6S2/c1-24-17(21)15-14(7-9-26-15)27(22,23)19-12-5-2-4-11(10-12)18-16(20)13-6-3-8-25-13/h2-10,19H,1H3,(H,18,20). The number of carbonyl (C=O) groups excluding carboxylic acids is 2. The van der Waals surface area contributed by atoms with Gasteiger partial charge >= 0.3 is 5.97 Å². The van der Waals surface area contributed by atoms with Crippen LogP contribution in [0.1, 0.15) is 20.2 Å². The van der Waals surface area contributed by atoms with Crippen molar-refractivity contribution < 1.29 is 27.2 Å². The summed E-state index contributed by atoms with van der Waals surface area (Å²) in [5.74, 6) is -1.07. The summed E-state index contributed by atoms with van der Waals surface area (Å²) >= 11 is 0.969. The Morgan fingerprint density at radius 1 is 1.11 bits per heavy atom. The number of ether oxygens (including phenoxy) is 1. The van der Waals surface area contributed by atoms with Crippen LogP contribution in [0, 0.1) is 0 Å². The largest absolute Gasteiger partial charge is 0.465 e. The van der Waals surface area contributed by atoms with E-state index in [0.29, 0.717) is 5.69 Å². The van der Waals surface area contributed by atoms with E-state index in [9.17, 15) is 18.0 Å². The average molecular weight is 406 g/mol. The van der Waals surface area contributed by atoms with Crippen LogP contribution in [0.5, 0.6) is 0 Å². The van der Waals surface area contributed by atoms with Crippen LogP contribution >= 0.6 is 11.3 Å². The number of hydrogen-bond donors (Lipinski definition) is 2. The predicted molar refractivity (Wildman–Crippen MR) is 99.6 cm³/mol. The van der Waals surface area contributed by atoms with Gasteiger partial charge in [0.1, 0.15) is 9.77 Å². The van der Waals surface area contributed by atoms with E-state index in [-0.39, 0.29) is 21.2 Å². The molecule has 0 radical (unpaired) electrons. The molecule has 0 atom stereocenters. The van der Waals surface area contributed by atoms with Crippen LogP contribution in [0.2, 0.25) is 0 Å². The van der Waals surface area contributed by atoms with Gasteiger partial charge in [0.25, 0.3) is 15.9 Å². The Balaban J connectivity index is 1.81. The van der Waals surface area contributed by atoms with Gasteiger partial charge in [-0.3, -0.25) is 9.52 Å². The molecule has 3 aromatic rings. The number of thiophene rings is 1. The quantitative estimate of drug-likeness (QED) is 0.608. The Labute approximate surface area is 158 Å². The predicted octanol–water partition coefficient (Wildman–Crippen LogP) is 3.18. The van der Waals surface area contributed by atoms with E-state index < -0.39 is 21.9 Å². The topological polar surface area (TPSA) is 115 Å². The van der Waals surface area contributed by atoms with Crippen molar-refractivity contribution >= 4 is 44.6 Å². The van der Waals surface area contributed by atoms with Gasteiger partial charge in [-0.15, -0.1) is 11.3 Å². The first-order chi connectivity index (χ1) is 12.9. The molecule has 0 spiro atoms. The number of anilines is 2. The van der Waals surface area contributed by atoms with Gasteiger partial charge < -0.3 is 14.5 Å². The highest BCUT2D eigenvalue weighted by atomic mass is 32.2. The van der Waals surface area contributed by atoms with Crippen molar-refractivity contribution in [2.24, 2.45) is 0 Å². The van der Waals surface area contributed by atoms with E-state index in [4.69, 9.17) is 4.42 Å². The lowest BCUT2D eigenvalue weighted by atomic mass is 10.3. The monoisotopic (exact) mass is 406 g/mol. The summed E-state index contributed by atoms with van der Waals surface area (Å²) in [6.07, 6.45) is 1.37. The highest BCUT2D eigenvalue weighted by Crippen LogP contribution is 2.26. The Morgan fingerprint density at radius 2 is 1.89 bits per heavy atom. The molecule has 2 aromatic heterocycles. The number of methoxy groups -OCH3 is 1. The van der Waals surface area contributed by atoms with Crippen molar-refractivity contribution in [3.05, 3.63) is 64.7 Å². The maximum atomic E-state index is 12.6. The van der Waals surface area contributed by atoms with Crippen LogP contribution in [-0.4, -0.2) is 27.4 Å². The van der Waals surface area contributed by atoms with Crippen LogP contribution in [-0.2, 0) is 14.8 Å². The minimum absolute atomic E-state index is 0.0210. The number of hydrogen-bond acceptors (Lipinski definition) is 7. The van der Waals surface area contributed by atoms with Gasteiger partial charge in [0, 0.05) is 5.69 Å². The smallest absolute Gasteiger partial charge is 0.349 e. The second-order valence-electron chi connectivity index (χ2n) is 5.22. The minimum Gasteiger partial charge on any atom is -0.465 e. The van der Waals surface area contributed by atoms with Crippen LogP contribution in [0.15, 0.2) is 63.4 Å². The lowest BCUT2D eigenvalue weighted by Crippen LogP contribution is -2.16. The summed E-state index contributed by atoms with van der Waals surface area (Å²) < 4.78 is 37.2. The molecule has 0 aliphatic carbocycles. The van der Waals surface area contributed by atoms with Crippen molar-refractivity contribution in [1.29, 1.82) is 0 Å². The lowest BCUT2D eigenvalue weighted by molar-refractivity contribution is 0.0602. The molecule has 1 aromatic carbocycles. The van der Waals surface area contributed by atoms with Gasteiger partial charge in [0.05, 0.1) is 19.1 Å². The van der Waals surface area contributed by atoms with Crippen LogP contribution < -0.4 is 10.0 Å². The van der Waals surface area contributed by atoms with Gasteiger partial charge in [0.15, 0.2) is 5.76 Å². The number of esters is 1. The van der Waals surface area contributed by atoms with Crippen LogP contribution in [0.4, 0.5) is 11.4 Å². The van der Waals surface area contributed by atoms with Gasteiger partial charge in [0.2, 0.25) is 0 Å². The normalized spacial score (nSPS) is 11.0.